The summed E-state index contributed by atoms with van der Waals surface area (Å²) in [6, 6.07) is 4.55. The highest BCUT2D eigenvalue weighted by Crippen LogP contribution is 2.36. The van der Waals surface area contributed by atoms with Gasteiger partial charge < -0.3 is 15.1 Å². The average molecular weight is 261 g/mol. The fourth-order valence-corrected chi connectivity index (χ4v) is 2.34. The molecule has 0 spiro atoms. The number of carbonyl (C=O) groups excluding carboxylic acids is 1. The lowest BCUT2D eigenvalue weighted by Gasteiger charge is -2.23. The van der Waals surface area contributed by atoms with Crippen molar-refractivity contribution < 1.29 is 15.0 Å². The first-order valence-corrected chi connectivity index (χ1v) is 6.95. The summed E-state index contributed by atoms with van der Waals surface area (Å²) in [4.78, 5) is 14.4. The Morgan fingerprint density at radius 2 is 1.68 bits per heavy atom. The summed E-state index contributed by atoms with van der Waals surface area (Å²) in [7, 11) is 0. The van der Waals surface area contributed by atoms with E-state index in [1.165, 1.54) is 31.7 Å². The predicted molar refractivity (Wildman–Crippen MR) is 71.1 cm³/mol. The maximum absolute atomic E-state index is 12.5. The van der Waals surface area contributed by atoms with E-state index in [4.69, 9.17) is 0 Å². The van der Waals surface area contributed by atoms with Crippen LogP contribution in [0.3, 0.4) is 0 Å². The zero-order valence-corrected chi connectivity index (χ0v) is 10.9. The highest BCUT2D eigenvalue weighted by atomic mass is 16.3. The second kappa shape index (κ2) is 4.76. The molecule has 3 rings (SSSR count). The number of aromatic hydroxyl groups is 2. The van der Waals surface area contributed by atoms with Crippen LogP contribution in [0.15, 0.2) is 18.2 Å². The zero-order valence-electron chi connectivity index (χ0n) is 10.9. The fourth-order valence-electron chi connectivity index (χ4n) is 2.34. The summed E-state index contributed by atoms with van der Waals surface area (Å²) >= 11 is 0. The summed E-state index contributed by atoms with van der Waals surface area (Å²) in [6.45, 7) is 1.56. The highest BCUT2D eigenvalue weighted by Gasteiger charge is 2.32. The molecule has 2 N–H and O–H groups in total. The molecule has 1 amide bonds. The SMILES string of the molecule is O=C(c1cccc(O)c1O)N(CC1CC1)CC1CC1. The molecule has 102 valence electrons. The maximum atomic E-state index is 12.5. The number of nitrogens with zero attached hydrogens (tertiary/aromatic N) is 1. The van der Waals surface area contributed by atoms with Crippen LogP contribution in [0.1, 0.15) is 36.0 Å². The average Bonchev–Trinajstić information content (AvgIpc) is 3.26. The van der Waals surface area contributed by atoms with Gasteiger partial charge in [0.05, 0.1) is 5.56 Å². The van der Waals surface area contributed by atoms with E-state index in [1.54, 1.807) is 12.1 Å². The maximum Gasteiger partial charge on any atom is 0.257 e. The van der Waals surface area contributed by atoms with Gasteiger partial charge >= 0.3 is 0 Å². The fraction of sp³-hybridized carbons (Fsp3) is 0.533. The third-order valence-electron chi connectivity index (χ3n) is 3.88. The van der Waals surface area contributed by atoms with Gasteiger partial charge in [0.15, 0.2) is 11.5 Å². The second-order valence-corrected chi connectivity index (χ2v) is 5.77. The van der Waals surface area contributed by atoms with Gasteiger partial charge in [-0.2, -0.15) is 0 Å². The summed E-state index contributed by atoms with van der Waals surface area (Å²) in [5.74, 6) is 0.559. The van der Waals surface area contributed by atoms with Crippen LogP contribution in [0.25, 0.3) is 0 Å². The van der Waals surface area contributed by atoms with E-state index in [1.807, 2.05) is 4.90 Å². The summed E-state index contributed by atoms with van der Waals surface area (Å²) in [6.07, 6.45) is 4.78. The minimum absolute atomic E-state index is 0.160. The molecule has 0 unspecified atom stereocenters. The minimum Gasteiger partial charge on any atom is -0.504 e. The van der Waals surface area contributed by atoms with Crippen molar-refractivity contribution in [2.24, 2.45) is 11.8 Å². The van der Waals surface area contributed by atoms with Crippen LogP contribution in [0, 0.1) is 11.8 Å². The molecule has 1 aromatic rings. The number of carbonyl (C=O) groups is 1. The minimum atomic E-state index is -0.302. The Hall–Kier alpha value is -1.71. The van der Waals surface area contributed by atoms with Crippen LogP contribution in [-0.4, -0.2) is 34.1 Å². The first-order valence-electron chi connectivity index (χ1n) is 6.95. The third-order valence-corrected chi connectivity index (χ3v) is 3.88. The molecule has 4 nitrogen and oxygen atoms in total. The van der Waals surface area contributed by atoms with Crippen LogP contribution >= 0.6 is 0 Å². The Labute approximate surface area is 112 Å². The van der Waals surface area contributed by atoms with Crippen molar-refractivity contribution in [1.82, 2.24) is 4.90 Å². The van der Waals surface area contributed by atoms with Crippen molar-refractivity contribution >= 4 is 5.91 Å². The van der Waals surface area contributed by atoms with E-state index >= 15 is 0 Å². The molecule has 2 aliphatic carbocycles. The molecule has 2 aliphatic rings. The molecule has 0 aliphatic heterocycles. The van der Waals surface area contributed by atoms with Crippen molar-refractivity contribution in [1.29, 1.82) is 0 Å². The van der Waals surface area contributed by atoms with E-state index in [-0.39, 0.29) is 23.0 Å². The van der Waals surface area contributed by atoms with Gasteiger partial charge in [-0.3, -0.25) is 4.79 Å². The van der Waals surface area contributed by atoms with E-state index in [0.717, 1.165) is 13.1 Å². The lowest BCUT2D eigenvalue weighted by atomic mass is 10.1. The van der Waals surface area contributed by atoms with Gasteiger partial charge in [0.1, 0.15) is 0 Å². The van der Waals surface area contributed by atoms with Crippen LogP contribution in [0.2, 0.25) is 0 Å². The van der Waals surface area contributed by atoms with E-state index in [0.29, 0.717) is 11.8 Å². The van der Waals surface area contributed by atoms with E-state index < -0.39 is 0 Å². The van der Waals surface area contributed by atoms with Gasteiger partial charge in [-0.25, -0.2) is 0 Å². The van der Waals surface area contributed by atoms with Gasteiger partial charge in [-0.1, -0.05) is 6.07 Å². The topological polar surface area (TPSA) is 60.8 Å². The van der Waals surface area contributed by atoms with Gasteiger partial charge in [0, 0.05) is 13.1 Å². The van der Waals surface area contributed by atoms with Crippen LogP contribution < -0.4 is 0 Å². The quantitative estimate of drug-likeness (QED) is 0.800. The molecule has 0 aromatic heterocycles. The van der Waals surface area contributed by atoms with Crippen molar-refractivity contribution in [2.45, 2.75) is 25.7 Å². The number of amides is 1. The summed E-state index contributed by atoms with van der Waals surface area (Å²) in [5, 5.41) is 19.3. The van der Waals surface area contributed by atoms with Gasteiger partial charge in [-0.15, -0.1) is 0 Å². The molecule has 0 atom stereocenters. The molecule has 0 bridgehead atoms. The predicted octanol–water partition coefficient (Wildman–Crippen LogP) is 2.36. The number of rotatable bonds is 5. The smallest absolute Gasteiger partial charge is 0.257 e. The third kappa shape index (κ3) is 2.83. The Morgan fingerprint density at radius 3 is 2.21 bits per heavy atom. The highest BCUT2D eigenvalue weighted by molar-refractivity contribution is 5.97. The second-order valence-electron chi connectivity index (χ2n) is 5.77. The number of benzene rings is 1. The van der Waals surface area contributed by atoms with Gasteiger partial charge in [0.25, 0.3) is 5.91 Å². The summed E-state index contributed by atoms with van der Waals surface area (Å²) < 4.78 is 0. The molecule has 19 heavy (non-hydrogen) atoms. The number of hydrogen-bond donors (Lipinski definition) is 2. The lowest BCUT2D eigenvalue weighted by Crippen LogP contribution is -2.34. The van der Waals surface area contributed by atoms with Gasteiger partial charge in [-0.05, 0) is 49.7 Å². The Balaban J connectivity index is 1.79. The van der Waals surface area contributed by atoms with Gasteiger partial charge in [0.2, 0.25) is 0 Å². The Kier molecular flexibility index (Phi) is 3.09. The first-order chi connectivity index (χ1) is 9.15. The number of para-hydroxylation sites is 1. The number of phenols is 2. The van der Waals surface area contributed by atoms with Crippen molar-refractivity contribution in [3.63, 3.8) is 0 Å². The largest absolute Gasteiger partial charge is 0.504 e. The molecule has 0 saturated heterocycles. The molecule has 2 fully saturated rings. The number of phenolic OH excluding ortho intramolecular Hbond substituents is 2. The number of hydrogen-bond acceptors (Lipinski definition) is 3. The Bertz CT molecular complexity index is 478. The molecule has 0 radical (unpaired) electrons. The molecule has 1 aromatic carbocycles. The molecule has 4 heteroatoms. The summed E-state index contributed by atoms with van der Waals surface area (Å²) in [5.41, 5.74) is 0.210. The molecular weight excluding hydrogens is 242 g/mol. The first kappa shape index (κ1) is 12.3. The van der Waals surface area contributed by atoms with Crippen LogP contribution in [0.4, 0.5) is 0 Å². The van der Waals surface area contributed by atoms with Crippen molar-refractivity contribution in [2.75, 3.05) is 13.1 Å². The van der Waals surface area contributed by atoms with Crippen molar-refractivity contribution in [3.8, 4) is 11.5 Å². The molecule has 0 heterocycles. The van der Waals surface area contributed by atoms with E-state index in [9.17, 15) is 15.0 Å². The zero-order chi connectivity index (χ0) is 13.4. The van der Waals surface area contributed by atoms with Crippen LogP contribution in [0.5, 0.6) is 11.5 Å². The normalized spacial score (nSPS) is 18.3. The standard InChI is InChI=1S/C15H19NO3/c17-13-3-1-2-12(14(13)18)15(19)16(8-10-4-5-10)9-11-6-7-11/h1-3,10-11,17-18H,4-9H2. The van der Waals surface area contributed by atoms with Crippen molar-refractivity contribution in [3.05, 3.63) is 23.8 Å². The molecular formula is C15H19NO3. The lowest BCUT2D eigenvalue weighted by molar-refractivity contribution is 0.0736. The molecule has 2 saturated carbocycles. The van der Waals surface area contributed by atoms with E-state index in [2.05, 4.69) is 0 Å². The van der Waals surface area contributed by atoms with Crippen LogP contribution in [-0.2, 0) is 0 Å². The Morgan fingerprint density at radius 1 is 1.11 bits per heavy atom. The monoisotopic (exact) mass is 261 g/mol.